The molecule has 0 unspecified atom stereocenters. The number of hydrogen-bond donors (Lipinski definition) is 1. The predicted molar refractivity (Wildman–Crippen MR) is 140 cm³/mol. The number of rotatable bonds is 4. The predicted octanol–water partition coefficient (Wildman–Crippen LogP) is 4.21. The molecule has 3 aromatic carbocycles. The molecule has 5 aromatic rings. The Labute approximate surface area is 201 Å². The molecule has 7 heteroatoms. The number of aryl methyl sites for hydroxylation is 4. The average Bonchev–Trinajstić information content (AvgIpc) is 3.10. The van der Waals surface area contributed by atoms with Gasteiger partial charge >= 0.3 is 5.69 Å². The number of fused-ring (bicyclic) bond motifs is 3. The first-order chi connectivity index (χ1) is 16.7. The van der Waals surface area contributed by atoms with Crippen LogP contribution in [0.3, 0.4) is 0 Å². The van der Waals surface area contributed by atoms with E-state index in [0.717, 1.165) is 32.2 Å². The number of nitrogens with zero attached hydrogens (tertiary/aromatic N) is 3. The molecular formula is C28H26N4O3. The van der Waals surface area contributed by atoms with Crippen LogP contribution in [0.2, 0.25) is 0 Å². The Morgan fingerprint density at radius 1 is 0.829 bits per heavy atom. The highest BCUT2D eigenvalue weighted by Crippen LogP contribution is 2.27. The van der Waals surface area contributed by atoms with Crippen molar-refractivity contribution >= 4 is 33.5 Å². The molecule has 7 nitrogen and oxygen atoms in total. The summed E-state index contributed by atoms with van der Waals surface area (Å²) in [6.07, 6.45) is 0. The molecule has 0 spiro atoms. The van der Waals surface area contributed by atoms with Crippen LogP contribution in [0.4, 0.5) is 5.69 Å². The fourth-order valence-corrected chi connectivity index (χ4v) is 4.59. The van der Waals surface area contributed by atoms with Gasteiger partial charge in [-0.3, -0.25) is 14.2 Å². The highest BCUT2D eigenvalue weighted by atomic mass is 16.2. The van der Waals surface area contributed by atoms with E-state index < -0.39 is 11.2 Å². The summed E-state index contributed by atoms with van der Waals surface area (Å²) in [6, 6.07) is 20.5. The van der Waals surface area contributed by atoms with Crippen LogP contribution in [0.5, 0.6) is 0 Å². The van der Waals surface area contributed by atoms with Gasteiger partial charge < -0.3 is 9.88 Å². The third-order valence-electron chi connectivity index (χ3n) is 6.32. The standard InChI is InChI=1S/C28H26N4O3/c1-17-8-11-20(12-9-17)29-24(33)16-31-25-22-15-19(3)10-13-23(22)30(4)26(25)27(34)32(28(31)35)21-7-5-6-18(2)14-21/h5-15H,16H2,1-4H3,(H,29,33). The maximum absolute atomic E-state index is 13.8. The van der Waals surface area contributed by atoms with E-state index in [9.17, 15) is 14.4 Å². The normalized spacial score (nSPS) is 11.3. The number of nitrogens with one attached hydrogen (secondary N) is 1. The number of aromatic nitrogens is 3. The van der Waals surface area contributed by atoms with Crippen molar-refractivity contribution in [1.82, 2.24) is 13.7 Å². The molecule has 5 rings (SSSR count). The molecule has 0 bridgehead atoms. The van der Waals surface area contributed by atoms with Crippen molar-refractivity contribution in [2.24, 2.45) is 7.05 Å². The maximum Gasteiger partial charge on any atom is 0.336 e. The van der Waals surface area contributed by atoms with Crippen molar-refractivity contribution in [3.8, 4) is 5.69 Å². The van der Waals surface area contributed by atoms with E-state index >= 15 is 0 Å². The zero-order chi connectivity index (χ0) is 24.9. The maximum atomic E-state index is 13.8. The molecular weight excluding hydrogens is 440 g/mol. The van der Waals surface area contributed by atoms with Gasteiger partial charge in [0.05, 0.1) is 16.7 Å². The lowest BCUT2D eigenvalue weighted by Crippen LogP contribution is -2.41. The Bertz CT molecular complexity index is 1740. The van der Waals surface area contributed by atoms with Crippen molar-refractivity contribution in [2.45, 2.75) is 27.3 Å². The lowest BCUT2D eigenvalue weighted by Gasteiger charge is -2.14. The van der Waals surface area contributed by atoms with Crippen molar-refractivity contribution in [2.75, 3.05) is 5.32 Å². The number of benzene rings is 3. The number of hydrogen-bond acceptors (Lipinski definition) is 3. The van der Waals surface area contributed by atoms with Crippen molar-refractivity contribution in [3.63, 3.8) is 0 Å². The summed E-state index contributed by atoms with van der Waals surface area (Å²) in [5, 5.41) is 3.63. The van der Waals surface area contributed by atoms with Gasteiger partial charge in [-0.25, -0.2) is 9.36 Å². The van der Waals surface area contributed by atoms with E-state index in [1.54, 1.807) is 22.8 Å². The average molecular weight is 467 g/mol. The van der Waals surface area contributed by atoms with Crippen LogP contribution in [0, 0.1) is 20.8 Å². The molecule has 1 amide bonds. The van der Waals surface area contributed by atoms with E-state index in [2.05, 4.69) is 5.32 Å². The quantitative estimate of drug-likeness (QED) is 0.431. The van der Waals surface area contributed by atoms with Gasteiger partial charge in [-0.2, -0.15) is 0 Å². The minimum absolute atomic E-state index is 0.234. The van der Waals surface area contributed by atoms with Gasteiger partial charge in [0.25, 0.3) is 5.56 Å². The smallest absolute Gasteiger partial charge is 0.336 e. The highest BCUT2D eigenvalue weighted by Gasteiger charge is 2.22. The SMILES string of the molecule is Cc1ccc(NC(=O)Cn2c(=O)n(-c3cccc(C)c3)c(=O)c3c2c2cc(C)ccc2n3C)cc1. The van der Waals surface area contributed by atoms with Gasteiger partial charge in [0, 0.05) is 18.1 Å². The van der Waals surface area contributed by atoms with E-state index in [1.807, 2.05) is 76.3 Å². The zero-order valence-electron chi connectivity index (χ0n) is 20.1. The molecule has 0 atom stereocenters. The van der Waals surface area contributed by atoms with E-state index in [0.29, 0.717) is 22.4 Å². The molecule has 0 aliphatic heterocycles. The third-order valence-corrected chi connectivity index (χ3v) is 6.32. The zero-order valence-corrected chi connectivity index (χ0v) is 20.1. The minimum Gasteiger partial charge on any atom is -0.338 e. The number of carbonyl (C=O) groups excluding carboxylic acids is 1. The molecule has 35 heavy (non-hydrogen) atoms. The van der Waals surface area contributed by atoms with E-state index in [-0.39, 0.29) is 12.5 Å². The second-order valence-corrected chi connectivity index (χ2v) is 9.04. The van der Waals surface area contributed by atoms with Crippen molar-refractivity contribution < 1.29 is 4.79 Å². The van der Waals surface area contributed by atoms with Crippen LogP contribution in [-0.2, 0) is 18.4 Å². The Morgan fingerprint density at radius 2 is 1.51 bits per heavy atom. The van der Waals surface area contributed by atoms with Crippen LogP contribution in [0.15, 0.2) is 76.3 Å². The van der Waals surface area contributed by atoms with Crippen LogP contribution in [-0.4, -0.2) is 19.6 Å². The number of carbonyl (C=O) groups is 1. The lowest BCUT2D eigenvalue weighted by molar-refractivity contribution is -0.116. The number of amides is 1. The van der Waals surface area contributed by atoms with E-state index in [1.165, 1.54) is 4.57 Å². The van der Waals surface area contributed by atoms with Crippen molar-refractivity contribution in [3.05, 3.63) is 104 Å². The highest BCUT2D eigenvalue weighted by molar-refractivity contribution is 6.06. The second kappa shape index (κ2) is 8.43. The monoisotopic (exact) mass is 466 g/mol. The topological polar surface area (TPSA) is 78.0 Å². The molecule has 0 aliphatic carbocycles. The molecule has 0 saturated carbocycles. The van der Waals surface area contributed by atoms with Gasteiger partial charge in [0.2, 0.25) is 5.91 Å². The molecule has 2 aromatic heterocycles. The van der Waals surface area contributed by atoms with Crippen LogP contribution in [0.25, 0.3) is 27.6 Å². The van der Waals surface area contributed by atoms with Crippen LogP contribution in [0.1, 0.15) is 16.7 Å². The largest absolute Gasteiger partial charge is 0.338 e. The summed E-state index contributed by atoms with van der Waals surface area (Å²) < 4.78 is 4.36. The van der Waals surface area contributed by atoms with Gasteiger partial charge in [0.1, 0.15) is 12.1 Å². The first-order valence-corrected chi connectivity index (χ1v) is 11.4. The lowest BCUT2D eigenvalue weighted by atomic mass is 10.1. The van der Waals surface area contributed by atoms with E-state index in [4.69, 9.17) is 0 Å². The van der Waals surface area contributed by atoms with Crippen LogP contribution < -0.4 is 16.6 Å². The van der Waals surface area contributed by atoms with Gasteiger partial charge in [0.15, 0.2) is 0 Å². The summed E-state index contributed by atoms with van der Waals surface area (Å²) in [4.78, 5) is 40.6. The second-order valence-electron chi connectivity index (χ2n) is 9.04. The Balaban J connectivity index is 1.78. The first kappa shape index (κ1) is 22.4. The number of anilines is 1. The molecule has 0 fully saturated rings. The van der Waals surface area contributed by atoms with Crippen molar-refractivity contribution in [1.29, 1.82) is 0 Å². The molecule has 0 aliphatic rings. The fourth-order valence-electron chi connectivity index (χ4n) is 4.59. The van der Waals surface area contributed by atoms with Crippen LogP contribution >= 0.6 is 0 Å². The third kappa shape index (κ3) is 3.85. The summed E-state index contributed by atoms with van der Waals surface area (Å²) in [5.41, 5.74) is 4.79. The fraction of sp³-hybridized carbons (Fsp3) is 0.179. The molecule has 1 N–H and O–H groups in total. The minimum atomic E-state index is -0.554. The van der Waals surface area contributed by atoms with Gasteiger partial charge in [-0.15, -0.1) is 0 Å². The van der Waals surface area contributed by atoms with Gasteiger partial charge in [-0.1, -0.05) is 41.5 Å². The molecule has 176 valence electrons. The Morgan fingerprint density at radius 3 is 2.23 bits per heavy atom. The van der Waals surface area contributed by atoms with Gasteiger partial charge in [-0.05, 0) is 62.7 Å². The summed E-state index contributed by atoms with van der Waals surface area (Å²) in [7, 11) is 1.81. The molecule has 2 heterocycles. The molecule has 0 saturated heterocycles. The Hall–Kier alpha value is -4.39. The summed E-state index contributed by atoms with van der Waals surface area (Å²) in [5.74, 6) is -0.351. The molecule has 0 radical (unpaired) electrons. The Kier molecular flexibility index (Phi) is 5.40. The first-order valence-electron chi connectivity index (χ1n) is 11.4. The summed E-state index contributed by atoms with van der Waals surface area (Å²) >= 11 is 0. The summed E-state index contributed by atoms with van der Waals surface area (Å²) in [6.45, 7) is 5.60.